The highest BCUT2D eigenvalue weighted by atomic mass is 32.2. The van der Waals surface area contributed by atoms with Crippen LogP contribution in [-0.2, 0) is 10.0 Å². The molecular formula is C11H7F3N2O4S. The summed E-state index contributed by atoms with van der Waals surface area (Å²) >= 11 is 0. The minimum absolute atomic E-state index is 0.383. The lowest BCUT2D eigenvalue weighted by molar-refractivity contribution is 0.0691. The molecule has 0 spiro atoms. The highest BCUT2D eigenvalue weighted by molar-refractivity contribution is 7.92. The first-order chi connectivity index (χ1) is 9.70. The highest BCUT2D eigenvalue weighted by Gasteiger charge is 2.20. The van der Waals surface area contributed by atoms with Gasteiger partial charge in [-0.3, -0.25) is 4.72 Å². The van der Waals surface area contributed by atoms with Crippen molar-refractivity contribution >= 4 is 21.7 Å². The standard InChI is InChI=1S/C11H7F3N2O4S/c12-7-1-5(2-8(13)10(7)14)16-21(19,20)6-3-9(11(17)18)15-4-6/h1-4,15-16H,(H,17,18). The van der Waals surface area contributed by atoms with E-state index in [2.05, 4.69) is 4.98 Å². The normalized spacial score (nSPS) is 11.4. The van der Waals surface area contributed by atoms with Gasteiger partial charge in [0.2, 0.25) is 0 Å². The fourth-order valence-electron chi connectivity index (χ4n) is 1.48. The van der Waals surface area contributed by atoms with E-state index in [1.54, 1.807) is 0 Å². The third-order valence-electron chi connectivity index (χ3n) is 2.43. The zero-order chi connectivity index (χ0) is 15.8. The number of hydrogen-bond acceptors (Lipinski definition) is 3. The van der Waals surface area contributed by atoms with Crippen LogP contribution in [0.3, 0.4) is 0 Å². The van der Waals surface area contributed by atoms with E-state index in [4.69, 9.17) is 5.11 Å². The maximum Gasteiger partial charge on any atom is 0.352 e. The van der Waals surface area contributed by atoms with Crippen molar-refractivity contribution in [2.45, 2.75) is 4.90 Å². The molecule has 0 saturated heterocycles. The van der Waals surface area contributed by atoms with E-state index in [-0.39, 0.29) is 5.69 Å². The van der Waals surface area contributed by atoms with Gasteiger partial charge in [0.05, 0.1) is 5.69 Å². The Bertz CT molecular complexity index is 794. The predicted molar refractivity (Wildman–Crippen MR) is 64.9 cm³/mol. The van der Waals surface area contributed by atoms with Gasteiger partial charge >= 0.3 is 5.97 Å². The van der Waals surface area contributed by atoms with Crippen LogP contribution in [0.15, 0.2) is 29.3 Å². The molecule has 6 nitrogen and oxygen atoms in total. The van der Waals surface area contributed by atoms with Crippen molar-refractivity contribution in [3.8, 4) is 0 Å². The van der Waals surface area contributed by atoms with Gasteiger partial charge in [-0.2, -0.15) is 0 Å². The van der Waals surface area contributed by atoms with Gasteiger partial charge in [-0.1, -0.05) is 0 Å². The zero-order valence-electron chi connectivity index (χ0n) is 10.0. The van der Waals surface area contributed by atoms with Crippen molar-refractivity contribution in [2.75, 3.05) is 4.72 Å². The van der Waals surface area contributed by atoms with Crippen LogP contribution in [0.2, 0.25) is 0 Å². The average Bonchev–Trinajstić information content (AvgIpc) is 2.85. The van der Waals surface area contributed by atoms with E-state index < -0.39 is 44.0 Å². The molecule has 0 aliphatic heterocycles. The van der Waals surface area contributed by atoms with Crippen molar-refractivity contribution in [3.05, 3.63) is 47.5 Å². The molecule has 112 valence electrons. The molecule has 2 aromatic rings. The fourth-order valence-corrected chi connectivity index (χ4v) is 2.51. The molecular weight excluding hydrogens is 313 g/mol. The van der Waals surface area contributed by atoms with Gasteiger partial charge in [-0.05, 0) is 6.07 Å². The molecule has 3 N–H and O–H groups in total. The molecule has 0 unspecified atom stereocenters. The second-order valence-electron chi connectivity index (χ2n) is 3.91. The number of aromatic carboxylic acids is 1. The van der Waals surface area contributed by atoms with Crippen molar-refractivity contribution in [1.29, 1.82) is 0 Å². The van der Waals surface area contributed by atoms with E-state index in [0.717, 1.165) is 12.3 Å². The van der Waals surface area contributed by atoms with E-state index in [1.165, 1.54) is 0 Å². The quantitative estimate of drug-likeness (QED) is 0.750. The summed E-state index contributed by atoms with van der Waals surface area (Å²) in [6, 6.07) is 1.74. The number of carboxylic acid groups (broad SMARTS) is 1. The molecule has 21 heavy (non-hydrogen) atoms. The Balaban J connectivity index is 2.35. The van der Waals surface area contributed by atoms with Gasteiger partial charge in [0.25, 0.3) is 10.0 Å². The number of hydrogen-bond donors (Lipinski definition) is 3. The van der Waals surface area contributed by atoms with Crippen LogP contribution in [0.5, 0.6) is 0 Å². The largest absolute Gasteiger partial charge is 0.477 e. The van der Waals surface area contributed by atoms with Crippen molar-refractivity contribution in [2.24, 2.45) is 0 Å². The van der Waals surface area contributed by atoms with Crippen LogP contribution >= 0.6 is 0 Å². The van der Waals surface area contributed by atoms with Gasteiger partial charge in [0, 0.05) is 18.3 Å². The van der Waals surface area contributed by atoms with Gasteiger partial charge < -0.3 is 10.1 Å². The topological polar surface area (TPSA) is 99.3 Å². The molecule has 1 aromatic heterocycles. The number of H-pyrrole nitrogens is 1. The molecule has 0 bridgehead atoms. The van der Waals surface area contributed by atoms with Crippen molar-refractivity contribution in [3.63, 3.8) is 0 Å². The molecule has 0 radical (unpaired) electrons. The van der Waals surface area contributed by atoms with Crippen molar-refractivity contribution < 1.29 is 31.5 Å². The Morgan fingerprint density at radius 2 is 1.71 bits per heavy atom. The first-order valence-electron chi connectivity index (χ1n) is 5.30. The van der Waals surface area contributed by atoms with Crippen LogP contribution in [0.25, 0.3) is 0 Å². The van der Waals surface area contributed by atoms with E-state index in [1.807, 2.05) is 4.72 Å². The molecule has 1 heterocycles. The number of aromatic amines is 1. The number of sulfonamides is 1. The third kappa shape index (κ3) is 2.99. The second-order valence-corrected chi connectivity index (χ2v) is 5.60. The molecule has 0 saturated carbocycles. The van der Waals surface area contributed by atoms with Gasteiger partial charge in [-0.15, -0.1) is 0 Å². The number of benzene rings is 1. The summed E-state index contributed by atoms with van der Waals surface area (Å²) in [7, 11) is -4.27. The summed E-state index contributed by atoms with van der Waals surface area (Å²) in [5.74, 6) is -6.23. The summed E-state index contributed by atoms with van der Waals surface area (Å²) in [6.07, 6.45) is 0.891. The van der Waals surface area contributed by atoms with E-state index in [9.17, 15) is 26.4 Å². The van der Waals surface area contributed by atoms with Gasteiger partial charge in [-0.25, -0.2) is 26.4 Å². The Labute approximate surface area is 116 Å². The minimum atomic E-state index is -4.27. The summed E-state index contributed by atoms with van der Waals surface area (Å²) < 4.78 is 64.3. The maximum absolute atomic E-state index is 13.0. The van der Waals surface area contributed by atoms with Crippen LogP contribution in [0.4, 0.5) is 18.9 Å². The number of aromatic nitrogens is 1. The monoisotopic (exact) mass is 320 g/mol. The summed E-state index contributed by atoms with van der Waals surface area (Å²) in [5, 5.41) is 8.67. The molecule has 0 atom stereocenters. The van der Waals surface area contributed by atoms with Gasteiger partial charge in [0.1, 0.15) is 10.6 Å². The first kappa shape index (κ1) is 14.9. The number of carbonyl (C=O) groups is 1. The minimum Gasteiger partial charge on any atom is -0.477 e. The van der Waals surface area contributed by atoms with E-state index in [0.29, 0.717) is 12.1 Å². The average molecular weight is 320 g/mol. The molecule has 0 aliphatic carbocycles. The Morgan fingerprint density at radius 3 is 2.19 bits per heavy atom. The Hall–Kier alpha value is -2.49. The molecule has 0 aliphatic rings. The number of halogens is 3. The lowest BCUT2D eigenvalue weighted by Gasteiger charge is -2.07. The van der Waals surface area contributed by atoms with Crippen LogP contribution in [0, 0.1) is 17.5 Å². The van der Waals surface area contributed by atoms with E-state index >= 15 is 0 Å². The zero-order valence-corrected chi connectivity index (χ0v) is 10.8. The summed E-state index contributed by atoms with van der Waals surface area (Å²) in [4.78, 5) is 12.4. The van der Waals surface area contributed by atoms with Crippen LogP contribution in [0.1, 0.15) is 10.5 Å². The third-order valence-corrected chi connectivity index (χ3v) is 3.79. The van der Waals surface area contributed by atoms with Crippen molar-refractivity contribution in [1.82, 2.24) is 4.98 Å². The van der Waals surface area contributed by atoms with Crippen LogP contribution in [-0.4, -0.2) is 24.5 Å². The molecule has 0 amide bonds. The second kappa shape index (κ2) is 5.13. The fraction of sp³-hybridized carbons (Fsp3) is 0. The maximum atomic E-state index is 13.0. The smallest absolute Gasteiger partial charge is 0.352 e. The summed E-state index contributed by atoms with van der Waals surface area (Å²) in [6.45, 7) is 0. The Morgan fingerprint density at radius 1 is 1.14 bits per heavy atom. The highest BCUT2D eigenvalue weighted by Crippen LogP contribution is 2.21. The lowest BCUT2D eigenvalue weighted by Crippen LogP contribution is -2.13. The molecule has 1 aromatic carbocycles. The Kier molecular flexibility index (Phi) is 3.64. The number of nitrogens with one attached hydrogen (secondary N) is 2. The lowest BCUT2D eigenvalue weighted by atomic mass is 10.3. The summed E-state index contributed by atoms with van der Waals surface area (Å²) in [5.41, 5.74) is -0.920. The molecule has 2 rings (SSSR count). The molecule has 10 heteroatoms. The van der Waals surface area contributed by atoms with Crippen LogP contribution < -0.4 is 4.72 Å². The molecule has 0 fully saturated rings. The predicted octanol–water partition coefficient (Wildman–Crippen LogP) is 1.93. The SMILES string of the molecule is O=C(O)c1cc(S(=O)(=O)Nc2cc(F)c(F)c(F)c2)c[nH]1. The van der Waals surface area contributed by atoms with Gasteiger partial charge in [0.15, 0.2) is 17.5 Å². The first-order valence-corrected chi connectivity index (χ1v) is 6.78. The number of rotatable bonds is 4. The number of anilines is 1. The number of carboxylic acids is 1.